The Morgan fingerprint density at radius 1 is 1.00 bits per heavy atom. The van der Waals surface area contributed by atoms with Crippen LogP contribution in [0.5, 0.6) is 5.75 Å². The molecule has 0 bridgehead atoms. The second-order valence-corrected chi connectivity index (χ2v) is 8.50. The van der Waals surface area contributed by atoms with Gasteiger partial charge in [-0.05, 0) is 60.2 Å². The predicted molar refractivity (Wildman–Crippen MR) is 121 cm³/mol. The van der Waals surface area contributed by atoms with E-state index < -0.39 is 10.0 Å². The summed E-state index contributed by atoms with van der Waals surface area (Å²) in [5.41, 5.74) is 2.50. The Hall–Kier alpha value is -3.01. The molecule has 0 aliphatic heterocycles. The third-order valence-electron chi connectivity index (χ3n) is 4.27. The maximum Gasteiger partial charge on any atom is 0.240 e. The van der Waals surface area contributed by atoms with Crippen LogP contribution in [-0.2, 0) is 23.1 Å². The number of nitrogens with one attached hydrogen (secondary N) is 3. The monoisotopic (exact) mass is 442 g/mol. The Bertz CT molecular complexity index is 1090. The van der Waals surface area contributed by atoms with E-state index in [4.69, 9.17) is 17.0 Å². The smallest absolute Gasteiger partial charge is 0.240 e. The second-order valence-electron chi connectivity index (χ2n) is 6.32. The van der Waals surface area contributed by atoms with Crippen LogP contribution in [0.4, 0.5) is 5.69 Å². The summed E-state index contributed by atoms with van der Waals surface area (Å²) in [6.45, 7) is 0.697. The molecule has 2 aromatic carbocycles. The van der Waals surface area contributed by atoms with Gasteiger partial charge in [0.05, 0.1) is 12.0 Å². The molecule has 3 N–H and O–H groups in total. The van der Waals surface area contributed by atoms with Gasteiger partial charge < -0.3 is 15.4 Å². The lowest BCUT2D eigenvalue weighted by Crippen LogP contribution is -2.28. The SMILES string of the molecule is COc1ccccc1CNS(=O)(=O)c1ccc(NC(=S)NCc2ccncc2)cc1. The molecule has 3 aromatic rings. The minimum atomic E-state index is -3.66. The van der Waals surface area contributed by atoms with E-state index in [2.05, 4.69) is 20.3 Å². The minimum absolute atomic E-state index is 0.134. The molecule has 0 atom stereocenters. The first kappa shape index (κ1) is 21.7. The summed E-state index contributed by atoms with van der Waals surface area (Å²) in [6, 6.07) is 17.4. The number of pyridine rings is 1. The van der Waals surface area contributed by atoms with Crippen LogP contribution in [0.15, 0.2) is 78.0 Å². The first-order chi connectivity index (χ1) is 14.5. The normalized spacial score (nSPS) is 11.0. The molecule has 3 rings (SSSR count). The average molecular weight is 443 g/mol. The van der Waals surface area contributed by atoms with Crippen LogP contribution >= 0.6 is 12.2 Å². The molecule has 0 saturated heterocycles. The highest BCUT2D eigenvalue weighted by atomic mass is 32.2. The van der Waals surface area contributed by atoms with E-state index in [-0.39, 0.29) is 11.4 Å². The van der Waals surface area contributed by atoms with Crippen molar-refractivity contribution >= 4 is 33.0 Å². The number of benzene rings is 2. The highest BCUT2D eigenvalue weighted by Gasteiger charge is 2.15. The number of anilines is 1. The summed E-state index contributed by atoms with van der Waals surface area (Å²) < 4.78 is 33.0. The number of methoxy groups -OCH3 is 1. The molecule has 0 unspecified atom stereocenters. The van der Waals surface area contributed by atoms with Crippen molar-refractivity contribution in [3.8, 4) is 5.75 Å². The van der Waals surface area contributed by atoms with Crippen LogP contribution in [0.25, 0.3) is 0 Å². The van der Waals surface area contributed by atoms with Crippen LogP contribution in [0.1, 0.15) is 11.1 Å². The fourth-order valence-electron chi connectivity index (χ4n) is 2.68. The van der Waals surface area contributed by atoms with Gasteiger partial charge in [0.2, 0.25) is 10.0 Å². The van der Waals surface area contributed by atoms with Crippen molar-refractivity contribution in [2.45, 2.75) is 18.0 Å². The highest BCUT2D eigenvalue weighted by molar-refractivity contribution is 7.89. The Labute approximate surface area is 181 Å². The van der Waals surface area contributed by atoms with Crippen LogP contribution in [-0.4, -0.2) is 25.6 Å². The average Bonchev–Trinajstić information content (AvgIpc) is 2.77. The minimum Gasteiger partial charge on any atom is -0.496 e. The molecule has 0 aliphatic rings. The number of thiocarbonyl (C=S) groups is 1. The molecule has 0 fully saturated rings. The number of hydrogen-bond donors (Lipinski definition) is 3. The molecular weight excluding hydrogens is 420 g/mol. The number of sulfonamides is 1. The van der Waals surface area contributed by atoms with E-state index in [9.17, 15) is 8.42 Å². The topological polar surface area (TPSA) is 92.3 Å². The van der Waals surface area contributed by atoms with Gasteiger partial charge in [-0.25, -0.2) is 13.1 Å². The molecule has 0 radical (unpaired) electrons. The third-order valence-corrected chi connectivity index (χ3v) is 5.93. The molecule has 9 heteroatoms. The fourth-order valence-corrected chi connectivity index (χ4v) is 3.88. The quantitative estimate of drug-likeness (QED) is 0.462. The summed E-state index contributed by atoms with van der Waals surface area (Å²) >= 11 is 5.28. The molecule has 0 saturated carbocycles. The van der Waals surface area contributed by atoms with Crippen LogP contribution < -0.4 is 20.1 Å². The Kier molecular flexibility index (Phi) is 7.34. The number of ether oxygens (including phenoxy) is 1. The molecule has 0 aliphatic carbocycles. The van der Waals surface area contributed by atoms with E-state index in [0.717, 1.165) is 11.1 Å². The summed E-state index contributed by atoms with van der Waals surface area (Å²) in [7, 11) is -2.11. The van der Waals surface area contributed by atoms with E-state index in [1.165, 1.54) is 12.1 Å². The maximum absolute atomic E-state index is 12.6. The summed E-state index contributed by atoms with van der Waals surface area (Å²) in [5, 5.41) is 6.57. The Morgan fingerprint density at radius 2 is 1.70 bits per heavy atom. The molecule has 7 nitrogen and oxygen atoms in total. The molecular formula is C21H22N4O3S2. The lowest BCUT2D eigenvalue weighted by Gasteiger charge is -2.12. The van der Waals surface area contributed by atoms with Crippen LogP contribution in [0.2, 0.25) is 0 Å². The number of rotatable bonds is 8. The van der Waals surface area contributed by atoms with Crippen molar-refractivity contribution in [1.29, 1.82) is 0 Å². The molecule has 0 spiro atoms. The summed E-state index contributed by atoms with van der Waals surface area (Å²) in [5.74, 6) is 0.632. The van der Waals surface area contributed by atoms with Crippen molar-refractivity contribution in [2.24, 2.45) is 0 Å². The standard InChI is InChI=1S/C21H22N4O3S2/c1-28-20-5-3-2-4-17(20)15-24-30(26,27)19-8-6-18(7-9-19)25-21(29)23-14-16-10-12-22-13-11-16/h2-13,24H,14-15H2,1H3,(H2,23,25,29). The largest absolute Gasteiger partial charge is 0.496 e. The lowest BCUT2D eigenvalue weighted by molar-refractivity contribution is 0.409. The van der Waals surface area contributed by atoms with E-state index >= 15 is 0 Å². The Morgan fingerprint density at radius 3 is 2.40 bits per heavy atom. The number of nitrogens with zero attached hydrogens (tertiary/aromatic N) is 1. The zero-order chi connectivity index (χ0) is 21.4. The molecule has 0 amide bonds. The van der Waals surface area contributed by atoms with Gasteiger partial charge in [-0.1, -0.05) is 18.2 Å². The lowest BCUT2D eigenvalue weighted by atomic mass is 10.2. The van der Waals surface area contributed by atoms with Gasteiger partial charge in [-0.2, -0.15) is 0 Å². The van der Waals surface area contributed by atoms with Crippen molar-refractivity contribution in [3.63, 3.8) is 0 Å². The first-order valence-electron chi connectivity index (χ1n) is 9.13. The van der Waals surface area contributed by atoms with E-state index in [1.807, 2.05) is 30.3 Å². The van der Waals surface area contributed by atoms with Crippen LogP contribution in [0, 0.1) is 0 Å². The van der Waals surface area contributed by atoms with Gasteiger partial charge in [0.15, 0.2) is 5.11 Å². The zero-order valence-corrected chi connectivity index (χ0v) is 18.0. The van der Waals surface area contributed by atoms with Gasteiger partial charge in [-0.15, -0.1) is 0 Å². The first-order valence-corrected chi connectivity index (χ1v) is 11.0. The maximum atomic E-state index is 12.6. The number of hydrogen-bond acceptors (Lipinski definition) is 5. The van der Waals surface area contributed by atoms with Crippen molar-refractivity contribution < 1.29 is 13.2 Å². The van der Waals surface area contributed by atoms with E-state index in [1.54, 1.807) is 37.7 Å². The van der Waals surface area contributed by atoms with Gasteiger partial charge >= 0.3 is 0 Å². The molecule has 1 heterocycles. The molecule has 30 heavy (non-hydrogen) atoms. The highest BCUT2D eigenvalue weighted by Crippen LogP contribution is 2.19. The fraction of sp³-hybridized carbons (Fsp3) is 0.143. The van der Waals surface area contributed by atoms with Gasteiger partial charge in [0.1, 0.15) is 5.75 Å². The van der Waals surface area contributed by atoms with Crippen LogP contribution in [0.3, 0.4) is 0 Å². The zero-order valence-electron chi connectivity index (χ0n) is 16.3. The van der Waals surface area contributed by atoms with Crippen molar-refractivity contribution in [2.75, 3.05) is 12.4 Å². The molecule has 156 valence electrons. The molecule has 1 aromatic heterocycles. The van der Waals surface area contributed by atoms with Gasteiger partial charge in [0, 0.05) is 36.7 Å². The number of aromatic nitrogens is 1. The van der Waals surface area contributed by atoms with Gasteiger partial charge in [-0.3, -0.25) is 4.98 Å². The predicted octanol–water partition coefficient (Wildman–Crippen LogP) is 3.06. The van der Waals surface area contributed by atoms with Crippen molar-refractivity contribution in [1.82, 2.24) is 15.0 Å². The van der Waals surface area contributed by atoms with E-state index in [0.29, 0.717) is 23.1 Å². The summed E-state index contributed by atoms with van der Waals surface area (Å²) in [4.78, 5) is 4.14. The summed E-state index contributed by atoms with van der Waals surface area (Å²) in [6.07, 6.45) is 3.43. The Balaban J connectivity index is 1.56. The van der Waals surface area contributed by atoms with Crippen molar-refractivity contribution in [3.05, 3.63) is 84.2 Å². The second kappa shape index (κ2) is 10.1. The van der Waals surface area contributed by atoms with Gasteiger partial charge in [0.25, 0.3) is 0 Å². The third kappa shape index (κ3) is 5.99. The number of para-hydroxylation sites is 1.